The van der Waals surface area contributed by atoms with Gasteiger partial charge in [-0.2, -0.15) is 0 Å². The molecule has 0 fully saturated rings. The summed E-state index contributed by atoms with van der Waals surface area (Å²) >= 11 is 1.42. The molecular formula is C14H16ClN3OS. The Morgan fingerprint density at radius 2 is 2.15 bits per heavy atom. The number of nitrogens with one attached hydrogen (secondary N) is 1. The lowest BCUT2D eigenvalue weighted by Gasteiger charge is -2.02. The Balaban J connectivity index is 0.00000147. The number of carbonyl (C=O) groups is 1. The van der Waals surface area contributed by atoms with Crippen molar-refractivity contribution in [3.05, 3.63) is 34.7 Å². The molecule has 0 saturated heterocycles. The average molecular weight is 310 g/mol. The number of thiazole rings is 1. The monoisotopic (exact) mass is 309 g/mol. The summed E-state index contributed by atoms with van der Waals surface area (Å²) < 4.78 is 0. The normalized spacial score (nSPS) is 12.7. The Kier molecular flexibility index (Phi) is 4.75. The highest BCUT2D eigenvalue weighted by atomic mass is 35.5. The van der Waals surface area contributed by atoms with Crippen LogP contribution in [0.5, 0.6) is 0 Å². The minimum absolute atomic E-state index is 0. The third-order valence-corrected chi connectivity index (χ3v) is 4.09. The number of rotatable bonds is 3. The maximum Gasteiger partial charge on any atom is 0.239 e. The zero-order chi connectivity index (χ0) is 13.2. The van der Waals surface area contributed by atoms with Crippen molar-refractivity contribution in [2.24, 2.45) is 5.73 Å². The molecule has 1 heterocycles. The van der Waals surface area contributed by atoms with E-state index in [2.05, 4.69) is 28.5 Å². The Labute approximate surface area is 127 Å². The van der Waals surface area contributed by atoms with E-state index >= 15 is 0 Å². The fourth-order valence-electron chi connectivity index (χ4n) is 2.37. The van der Waals surface area contributed by atoms with Gasteiger partial charge in [-0.3, -0.25) is 4.79 Å². The first-order valence-corrected chi connectivity index (χ1v) is 7.22. The van der Waals surface area contributed by atoms with Gasteiger partial charge < -0.3 is 11.1 Å². The highest BCUT2D eigenvalue weighted by molar-refractivity contribution is 7.14. The Bertz CT molecular complexity index is 627. The summed E-state index contributed by atoms with van der Waals surface area (Å²) in [6.07, 6.45) is 3.59. The van der Waals surface area contributed by atoms with Crippen molar-refractivity contribution in [2.75, 3.05) is 11.9 Å². The third kappa shape index (κ3) is 3.00. The molecule has 0 aliphatic heterocycles. The first kappa shape index (κ1) is 15.0. The van der Waals surface area contributed by atoms with Gasteiger partial charge in [0.25, 0.3) is 0 Å². The number of amides is 1. The number of nitrogens with zero attached hydrogens (tertiary/aromatic N) is 1. The molecule has 1 aliphatic carbocycles. The van der Waals surface area contributed by atoms with Gasteiger partial charge in [0.05, 0.1) is 12.2 Å². The predicted octanol–water partition coefficient (Wildman–Crippen LogP) is 2.62. The maximum absolute atomic E-state index is 11.2. The maximum atomic E-state index is 11.2. The molecule has 106 valence electrons. The van der Waals surface area contributed by atoms with Crippen molar-refractivity contribution >= 4 is 34.8 Å². The van der Waals surface area contributed by atoms with Gasteiger partial charge in [0, 0.05) is 10.9 Å². The van der Waals surface area contributed by atoms with E-state index < -0.39 is 0 Å². The second-order valence-electron chi connectivity index (χ2n) is 4.63. The van der Waals surface area contributed by atoms with E-state index in [1.807, 2.05) is 5.38 Å². The number of hydrogen-bond donors (Lipinski definition) is 2. The van der Waals surface area contributed by atoms with E-state index in [0.717, 1.165) is 17.7 Å². The van der Waals surface area contributed by atoms with E-state index in [9.17, 15) is 4.79 Å². The number of benzene rings is 1. The van der Waals surface area contributed by atoms with Gasteiger partial charge in [0.15, 0.2) is 5.13 Å². The van der Waals surface area contributed by atoms with Crippen LogP contribution in [0.3, 0.4) is 0 Å². The zero-order valence-corrected chi connectivity index (χ0v) is 12.5. The topological polar surface area (TPSA) is 68.0 Å². The van der Waals surface area contributed by atoms with Crippen LogP contribution in [-0.2, 0) is 17.6 Å². The van der Waals surface area contributed by atoms with Crippen LogP contribution in [-0.4, -0.2) is 17.4 Å². The SMILES string of the molecule is Cl.NCC(=O)Nc1nc(-c2ccc3c(c2)CCC3)cs1. The van der Waals surface area contributed by atoms with E-state index in [1.165, 1.54) is 35.3 Å². The molecule has 1 aromatic heterocycles. The van der Waals surface area contributed by atoms with Crippen molar-refractivity contribution in [3.8, 4) is 11.3 Å². The minimum Gasteiger partial charge on any atom is -0.322 e. The van der Waals surface area contributed by atoms with Crippen molar-refractivity contribution in [1.82, 2.24) is 4.98 Å². The molecule has 1 aromatic carbocycles. The lowest BCUT2D eigenvalue weighted by atomic mass is 10.1. The lowest BCUT2D eigenvalue weighted by Crippen LogP contribution is -2.21. The van der Waals surface area contributed by atoms with Gasteiger partial charge in [-0.25, -0.2) is 4.98 Å². The number of aryl methyl sites for hydroxylation is 2. The van der Waals surface area contributed by atoms with E-state index in [1.54, 1.807) is 0 Å². The van der Waals surface area contributed by atoms with Crippen molar-refractivity contribution in [2.45, 2.75) is 19.3 Å². The van der Waals surface area contributed by atoms with Crippen LogP contribution in [0.2, 0.25) is 0 Å². The molecule has 0 radical (unpaired) electrons. The Morgan fingerprint density at radius 3 is 2.95 bits per heavy atom. The fourth-order valence-corrected chi connectivity index (χ4v) is 3.10. The first-order chi connectivity index (χ1) is 9.26. The van der Waals surface area contributed by atoms with Crippen LogP contribution in [0.4, 0.5) is 5.13 Å². The van der Waals surface area contributed by atoms with Crippen molar-refractivity contribution in [3.63, 3.8) is 0 Å². The summed E-state index contributed by atoms with van der Waals surface area (Å²) in [7, 11) is 0. The lowest BCUT2D eigenvalue weighted by molar-refractivity contribution is -0.114. The molecule has 3 N–H and O–H groups in total. The molecule has 0 saturated carbocycles. The first-order valence-electron chi connectivity index (χ1n) is 6.34. The number of anilines is 1. The van der Waals surface area contributed by atoms with Gasteiger partial charge in [0.1, 0.15) is 0 Å². The van der Waals surface area contributed by atoms with Crippen molar-refractivity contribution in [1.29, 1.82) is 0 Å². The molecule has 6 heteroatoms. The van der Waals surface area contributed by atoms with E-state index in [4.69, 9.17) is 5.73 Å². The fraction of sp³-hybridized carbons (Fsp3) is 0.286. The quantitative estimate of drug-likeness (QED) is 0.916. The molecule has 4 nitrogen and oxygen atoms in total. The highest BCUT2D eigenvalue weighted by Crippen LogP contribution is 2.29. The zero-order valence-electron chi connectivity index (χ0n) is 10.9. The minimum atomic E-state index is -0.213. The predicted molar refractivity (Wildman–Crippen MR) is 84.5 cm³/mol. The number of nitrogens with two attached hydrogens (primary N) is 1. The van der Waals surface area contributed by atoms with Crippen LogP contribution in [0.1, 0.15) is 17.5 Å². The molecule has 1 aliphatic rings. The van der Waals surface area contributed by atoms with Crippen LogP contribution in [0.25, 0.3) is 11.3 Å². The number of hydrogen-bond acceptors (Lipinski definition) is 4. The summed E-state index contributed by atoms with van der Waals surface area (Å²) in [5.41, 5.74) is 10.2. The highest BCUT2D eigenvalue weighted by Gasteiger charge is 2.13. The second-order valence-corrected chi connectivity index (χ2v) is 5.49. The summed E-state index contributed by atoms with van der Waals surface area (Å²) in [6.45, 7) is -0.0201. The molecule has 2 aromatic rings. The third-order valence-electron chi connectivity index (χ3n) is 3.33. The van der Waals surface area contributed by atoms with Crippen LogP contribution in [0.15, 0.2) is 23.6 Å². The Hall–Kier alpha value is -1.43. The average Bonchev–Trinajstić information content (AvgIpc) is 3.05. The summed E-state index contributed by atoms with van der Waals surface area (Å²) in [6, 6.07) is 6.51. The van der Waals surface area contributed by atoms with Crippen molar-refractivity contribution < 1.29 is 4.79 Å². The van der Waals surface area contributed by atoms with Gasteiger partial charge in [-0.05, 0) is 36.5 Å². The van der Waals surface area contributed by atoms with E-state index in [0.29, 0.717) is 5.13 Å². The van der Waals surface area contributed by atoms with Crippen LogP contribution >= 0.6 is 23.7 Å². The van der Waals surface area contributed by atoms with Crippen LogP contribution in [0, 0.1) is 0 Å². The number of halogens is 1. The smallest absolute Gasteiger partial charge is 0.239 e. The van der Waals surface area contributed by atoms with Gasteiger partial charge in [0.2, 0.25) is 5.91 Å². The Morgan fingerprint density at radius 1 is 1.35 bits per heavy atom. The van der Waals surface area contributed by atoms with Crippen LogP contribution < -0.4 is 11.1 Å². The van der Waals surface area contributed by atoms with Gasteiger partial charge >= 0.3 is 0 Å². The molecule has 0 atom stereocenters. The number of fused-ring (bicyclic) bond motifs is 1. The summed E-state index contributed by atoms with van der Waals surface area (Å²) in [4.78, 5) is 15.6. The summed E-state index contributed by atoms with van der Waals surface area (Å²) in [5.74, 6) is -0.213. The van der Waals surface area contributed by atoms with E-state index in [-0.39, 0.29) is 24.9 Å². The molecule has 0 spiro atoms. The van der Waals surface area contributed by atoms with Gasteiger partial charge in [-0.15, -0.1) is 23.7 Å². The summed E-state index contributed by atoms with van der Waals surface area (Å²) in [5, 5.41) is 5.24. The molecule has 3 rings (SSSR count). The number of aromatic nitrogens is 1. The molecule has 0 unspecified atom stereocenters. The molecular weight excluding hydrogens is 294 g/mol. The standard InChI is InChI=1S/C14H15N3OS.ClH/c15-7-13(18)17-14-16-12(8-19-14)11-5-4-9-2-1-3-10(9)6-11;/h4-6,8H,1-3,7,15H2,(H,16,17,18);1H. The molecule has 1 amide bonds. The molecule has 0 bridgehead atoms. The second kappa shape index (κ2) is 6.35. The van der Waals surface area contributed by atoms with Gasteiger partial charge in [-0.1, -0.05) is 12.1 Å². The molecule has 20 heavy (non-hydrogen) atoms. The largest absolute Gasteiger partial charge is 0.322 e. The number of carbonyl (C=O) groups excluding carboxylic acids is 1.